The Morgan fingerprint density at radius 2 is 1.43 bits per heavy atom. The molecule has 0 bridgehead atoms. The zero-order valence-corrected chi connectivity index (χ0v) is 17.4. The first-order valence-electron chi connectivity index (χ1n) is 9.99. The van der Waals surface area contributed by atoms with Crippen LogP contribution in [-0.2, 0) is 10.0 Å². The molecule has 1 aliphatic rings. The number of rotatable bonds is 7. The van der Waals surface area contributed by atoms with Crippen molar-refractivity contribution in [1.82, 2.24) is 19.6 Å². The second-order valence-electron chi connectivity index (χ2n) is 7.16. The predicted octanol–water partition coefficient (Wildman–Crippen LogP) is 2.32. The maximum atomic E-state index is 12.7. The molecule has 2 heterocycles. The molecule has 2 aromatic carbocycles. The largest absolute Gasteiger partial charge is 0.338 e. The summed E-state index contributed by atoms with van der Waals surface area (Å²) in [4.78, 5) is 13.4. The lowest BCUT2D eigenvalue weighted by atomic mass is 10.0. The fourth-order valence-electron chi connectivity index (χ4n) is 3.69. The van der Waals surface area contributed by atoms with Gasteiger partial charge in [0.25, 0.3) is 0 Å². The molecule has 0 amide bonds. The Morgan fingerprint density at radius 3 is 2.07 bits per heavy atom. The highest BCUT2D eigenvalue weighted by Crippen LogP contribution is 2.23. The zero-order valence-electron chi connectivity index (χ0n) is 16.6. The molecule has 1 atom stereocenters. The number of piperazine rings is 1. The minimum atomic E-state index is -3.56. The van der Waals surface area contributed by atoms with Gasteiger partial charge in [-0.1, -0.05) is 48.5 Å². The number of nitrogens with zero attached hydrogens (tertiary/aromatic N) is 4. The second kappa shape index (κ2) is 9.34. The van der Waals surface area contributed by atoms with Gasteiger partial charge in [-0.25, -0.2) is 23.1 Å². The monoisotopic (exact) mass is 423 g/mol. The van der Waals surface area contributed by atoms with Gasteiger partial charge in [0.1, 0.15) is 0 Å². The molecule has 0 saturated carbocycles. The number of sulfonamides is 1. The highest BCUT2D eigenvalue weighted by molar-refractivity contribution is 7.89. The van der Waals surface area contributed by atoms with Gasteiger partial charge in [0.05, 0.1) is 4.90 Å². The first kappa shape index (κ1) is 20.5. The summed E-state index contributed by atoms with van der Waals surface area (Å²) in [7, 11) is -3.56. The van der Waals surface area contributed by atoms with Crippen LogP contribution in [0.4, 0.5) is 5.95 Å². The van der Waals surface area contributed by atoms with Gasteiger partial charge in [0.15, 0.2) is 0 Å². The van der Waals surface area contributed by atoms with Crippen LogP contribution in [0.25, 0.3) is 0 Å². The molecule has 1 aliphatic heterocycles. The molecule has 1 aromatic heterocycles. The third kappa shape index (κ3) is 4.84. The van der Waals surface area contributed by atoms with Gasteiger partial charge in [-0.15, -0.1) is 0 Å². The summed E-state index contributed by atoms with van der Waals surface area (Å²) < 4.78 is 28.3. The molecule has 0 aliphatic carbocycles. The van der Waals surface area contributed by atoms with Crippen LogP contribution in [0.15, 0.2) is 84.0 Å². The smallest absolute Gasteiger partial charge is 0.240 e. The van der Waals surface area contributed by atoms with E-state index in [-0.39, 0.29) is 10.9 Å². The van der Waals surface area contributed by atoms with Crippen LogP contribution in [0.1, 0.15) is 11.6 Å². The third-order valence-corrected chi connectivity index (χ3v) is 6.73. The predicted molar refractivity (Wildman–Crippen MR) is 117 cm³/mol. The van der Waals surface area contributed by atoms with Gasteiger partial charge in [-0.3, -0.25) is 4.90 Å². The lowest BCUT2D eigenvalue weighted by Gasteiger charge is -2.39. The Bertz CT molecular complexity index is 1020. The average molecular weight is 424 g/mol. The van der Waals surface area contributed by atoms with E-state index in [1.165, 1.54) is 0 Å². The Labute approximate surface area is 177 Å². The van der Waals surface area contributed by atoms with Gasteiger partial charge < -0.3 is 4.90 Å². The summed E-state index contributed by atoms with van der Waals surface area (Å²) in [6.07, 6.45) is 3.50. The van der Waals surface area contributed by atoms with Crippen LogP contribution >= 0.6 is 0 Å². The van der Waals surface area contributed by atoms with E-state index in [0.717, 1.165) is 37.7 Å². The van der Waals surface area contributed by atoms with Crippen LogP contribution in [-0.4, -0.2) is 56.0 Å². The van der Waals surface area contributed by atoms with Crippen molar-refractivity contribution in [2.75, 3.05) is 37.6 Å². The minimum absolute atomic E-state index is 0.0523. The maximum absolute atomic E-state index is 12.7. The lowest BCUT2D eigenvalue weighted by Crippen LogP contribution is -2.50. The molecule has 1 N–H and O–H groups in total. The van der Waals surface area contributed by atoms with Crippen molar-refractivity contribution >= 4 is 16.0 Å². The van der Waals surface area contributed by atoms with Crippen LogP contribution in [0, 0.1) is 0 Å². The van der Waals surface area contributed by atoms with Crippen LogP contribution in [0.2, 0.25) is 0 Å². The number of nitrogens with one attached hydrogen (secondary N) is 1. The minimum Gasteiger partial charge on any atom is -0.338 e. The second-order valence-corrected chi connectivity index (χ2v) is 8.93. The number of anilines is 1. The molecule has 1 unspecified atom stereocenters. The van der Waals surface area contributed by atoms with E-state index in [0.29, 0.717) is 6.54 Å². The number of aromatic nitrogens is 2. The number of benzene rings is 2. The van der Waals surface area contributed by atoms with E-state index in [2.05, 4.69) is 24.5 Å². The zero-order chi connectivity index (χ0) is 20.8. The average Bonchev–Trinajstić information content (AvgIpc) is 2.81. The molecule has 0 spiro atoms. The maximum Gasteiger partial charge on any atom is 0.240 e. The number of hydrogen-bond acceptors (Lipinski definition) is 6. The standard InChI is InChI=1S/C22H25N5O2S/c28-30(29,20-10-5-2-6-11-20)25-18-21(19-8-3-1-4-9-19)26-14-16-27(17-15-26)22-23-12-7-13-24-22/h1-13,21,25H,14-18H2. The van der Waals surface area contributed by atoms with Crippen LogP contribution in [0.3, 0.4) is 0 Å². The topological polar surface area (TPSA) is 78.4 Å². The van der Waals surface area contributed by atoms with E-state index in [1.807, 2.05) is 42.5 Å². The van der Waals surface area contributed by atoms with E-state index in [4.69, 9.17) is 0 Å². The highest BCUT2D eigenvalue weighted by Gasteiger charge is 2.27. The molecule has 0 radical (unpaired) electrons. The molecule has 8 heteroatoms. The van der Waals surface area contributed by atoms with E-state index < -0.39 is 10.0 Å². The van der Waals surface area contributed by atoms with Crippen molar-refractivity contribution in [3.63, 3.8) is 0 Å². The normalized spacial score (nSPS) is 16.3. The summed E-state index contributed by atoms with van der Waals surface area (Å²) in [6.45, 7) is 3.48. The molecule has 3 aromatic rings. The summed E-state index contributed by atoms with van der Waals surface area (Å²) in [5.41, 5.74) is 1.10. The summed E-state index contributed by atoms with van der Waals surface area (Å²) in [5, 5.41) is 0. The van der Waals surface area contributed by atoms with Crippen molar-refractivity contribution in [1.29, 1.82) is 0 Å². The van der Waals surface area contributed by atoms with Gasteiger partial charge in [-0.2, -0.15) is 0 Å². The quantitative estimate of drug-likeness (QED) is 0.628. The Balaban J connectivity index is 1.47. The van der Waals surface area contributed by atoms with Gasteiger partial charge in [-0.05, 0) is 23.8 Å². The van der Waals surface area contributed by atoms with Gasteiger partial charge in [0.2, 0.25) is 16.0 Å². The molecule has 1 fully saturated rings. The molecule has 30 heavy (non-hydrogen) atoms. The van der Waals surface area contributed by atoms with Crippen molar-refractivity contribution in [3.05, 3.63) is 84.7 Å². The fraction of sp³-hybridized carbons (Fsp3) is 0.273. The first-order valence-corrected chi connectivity index (χ1v) is 11.5. The first-order chi connectivity index (χ1) is 14.6. The molecular formula is C22H25N5O2S. The SMILES string of the molecule is O=S(=O)(NCC(c1ccccc1)N1CCN(c2ncccn2)CC1)c1ccccc1. The van der Waals surface area contributed by atoms with E-state index in [1.54, 1.807) is 36.7 Å². The van der Waals surface area contributed by atoms with E-state index >= 15 is 0 Å². The van der Waals surface area contributed by atoms with Crippen molar-refractivity contribution in [2.45, 2.75) is 10.9 Å². The molecular weight excluding hydrogens is 398 g/mol. The van der Waals surface area contributed by atoms with Crippen LogP contribution < -0.4 is 9.62 Å². The molecule has 1 saturated heterocycles. The molecule has 7 nitrogen and oxygen atoms in total. The van der Waals surface area contributed by atoms with Crippen molar-refractivity contribution in [2.24, 2.45) is 0 Å². The van der Waals surface area contributed by atoms with Crippen LogP contribution in [0.5, 0.6) is 0 Å². The Morgan fingerprint density at radius 1 is 0.833 bits per heavy atom. The third-order valence-electron chi connectivity index (χ3n) is 5.29. The number of hydrogen-bond donors (Lipinski definition) is 1. The molecule has 4 rings (SSSR count). The van der Waals surface area contributed by atoms with Gasteiger partial charge in [0, 0.05) is 51.2 Å². The fourth-order valence-corrected chi connectivity index (χ4v) is 4.75. The van der Waals surface area contributed by atoms with Crippen molar-refractivity contribution < 1.29 is 8.42 Å². The highest BCUT2D eigenvalue weighted by atomic mass is 32.2. The van der Waals surface area contributed by atoms with E-state index in [9.17, 15) is 8.42 Å². The summed E-state index contributed by atoms with van der Waals surface area (Å²) in [6, 6.07) is 20.3. The summed E-state index contributed by atoms with van der Waals surface area (Å²) >= 11 is 0. The van der Waals surface area contributed by atoms with Gasteiger partial charge >= 0.3 is 0 Å². The van der Waals surface area contributed by atoms with Crippen molar-refractivity contribution in [3.8, 4) is 0 Å². The Hall–Kier alpha value is -2.81. The lowest BCUT2D eigenvalue weighted by molar-refractivity contribution is 0.186. The summed E-state index contributed by atoms with van der Waals surface area (Å²) in [5.74, 6) is 0.734. The molecule has 156 valence electrons. The Kier molecular flexibility index (Phi) is 6.37.